The molecular formula is C11H12F2N2OS. The Labute approximate surface area is 102 Å². The average Bonchev–Trinajstić information content (AvgIpc) is 2.34. The molecule has 0 aliphatic carbocycles. The van der Waals surface area contributed by atoms with Gasteiger partial charge in [0.1, 0.15) is 0 Å². The van der Waals surface area contributed by atoms with E-state index >= 15 is 0 Å². The van der Waals surface area contributed by atoms with Crippen molar-refractivity contribution >= 4 is 17.7 Å². The minimum absolute atomic E-state index is 0.0550. The molecule has 2 rings (SSSR count). The highest BCUT2D eigenvalue weighted by Crippen LogP contribution is 2.18. The number of halogens is 2. The van der Waals surface area contributed by atoms with Crippen molar-refractivity contribution in [2.45, 2.75) is 18.9 Å². The molecule has 0 unspecified atom stereocenters. The first-order chi connectivity index (χ1) is 8.18. The van der Waals surface area contributed by atoms with Gasteiger partial charge in [-0.1, -0.05) is 0 Å². The van der Waals surface area contributed by atoms with E-state index in [4.69, 9.17) is 0 Å². The number of carbonyl (C=O) groups excluding carboxylic acids is 1. The fourth-order valence-corrected chi connectivity index (χ4v) is 2.81. The van der Waals surface area contributed by atoms with E-state index in [0.717, 1.165) is 30.5 Å². The van der Waals surface area contributed by atoms with Gasteiger partial charge in [-0.15, -0.1) is 0 Å². The monoisotopic (exact) mass is 258 g/mol. The zero-order valence-electron chi connectivity index (χ0n) is 9.08. The van der Waals surface area contributed by atoms with Crippen LogP contribution in [0.1, 0.15) is 23.2 Å². The molecule has 1 amide bonds. The van der Waals surface area contributed by atoms with Gasteiger partial charge < -0.3 is 5.32 Å². The molecule has 1 aromatic rings. The van der Waals surface area contributed by atoms with Crippen molar-refractivity contribution in [3.63, 3.8) is 0 Å². The molecule has 1 N–H and O–H groups in total. The molecule has 3 nitrogen and oxygen atoms in total. The fourth-order valence-electron chi connectivity index (χ4n) is 1.70. The summed E-state index contributed by atoms with van der Waals surface area (Å²) in [6, 6.07) is 1.24. The van der Waals surface area contributed by atoms with Crippen molar-refractivity contribution in [1.82, 2.24) is 10.3 Å². The summed E-state index contributed by atoms with van der Waals surface area (Å²) in [7, 11) is 0. The van der Waals surface area contributed by atoms with E-state index in [1.54, 1.807) is 0 Å². The number of carbonyl (C=O) groups is 1. The maximum Gasteiger partial charge on any atom is 0.254 e. The van der Waals surface area contributed by atoms with Crippen molar-refractivity contribution in [3.05, 3.63) is 29.6 Å². The molecule has 0 spiro atoms. The summed E-state index contributed by atoms with van der Waals surface area (Å²) in [4.78, 5) is 14.9. The van der Waals surface area contributed by atoms with Crippen LogP contribution in [0.3, 0.4) is 0 Å². The van der Waals surface area contributed by atoms with Crippen LogP contribution in [0.25, 0.3) is 0 Å². The second kappa shape index (κ2) is 5.44. The Morgan fingerprint density at radius 3 is 2.82 bits per heavy atom. The molecule has 2 heterocycles. The molecule has 1 saturated heterocycles. The SMILES string of the molecule is O=C(NC1CCSCC1)c1ccnc(F)c1F. The van der Waals surface area contributed by atoms with E-state index in [9.17, 15) is 13.6 Å². The van der Waals surface area contributed by atoms with Crippen LogP contribution in [0.2, 0.25) is 0 Å². The molecule has 17 heavy (non-hydrogen) atoms. The maximum absolute atomic E-state index is 13.3. The largest absolute Gasteiger partial charge is 0.349 e. The summed E-state index contributed by atoms with van der Waals surface area (Å²) in [5.74, 6) is -1.02. The number of rotatable bonds is 2. The summed E-state index contributed by atoms with van der Waals surface area (Å²) < 4.78 is 26.2. The highest BCUT2D eigenvalue weighted by molar-refractivity contribution is 7.99. The molecule has 6 heteroatoms. The van der Waals surface area contributed by atoms with Crippen LogP contribution in [-0.2, 0) is 0 Å². The van der Waals surface area contributed by atoms with Gasteiger partial charge in [0.2, 0.25) is 5.95 Å². The number of hydrogen-bond donors (Lipinski definition) is 1. The standard InChI is InChI=1S/C11H12F2N2OS/c12-9-8(1-4-14-10(9)13)11(16)15-7-2-5-17-6-3-7/h1,4,7H,2-3,5-6H2,(H,15,16). The number of nitrogens with one attached hydrogen (secondary N) is 1. The molecule has 0 saturated carbocycles. The minimum atomic E-state index is -1.24. The second-order valence-corrected chi connectivity index (χ2v) is 5.05. The molecule has 92 valence electrons. The third-order valence-electron chi connectivity index (χ3n) is 2.65. The van der Waals surface area contributed by atoms with Crippen molar-refractivity contribution in [2.75, 3.05) is 11.5 Å². The van der Waals surface area contributed by atoms with Crippen molar-refractivity contribution in [3.8, 4) is 0 Å². The first-order valence-corrected chi connectivity index (χ1v) is 6.52. The lowest BCUT2D eigenvalue weighted by Gasteiger charge is -2.22. The maximum atomic E-state index is 13.3. The summed E-state index contributed by atoms with van der Waals surface area (Å²) in [6.07, 6.45) is 2.82. The van der Waals surface area contributed by atoms with Gasteiger partial charge in [-0.25, -0.2) is 9.37 Å². The van der Waals surface area contributed by atoms with Gasteiger partial charge in [0.25, 0.3) is 5.91 Å². The van der Waals surface area contributed by atoms with Crippen LogP contribution >= 0.6 is 11.8 Å². The summed E-state index contributed by atoms with van der Waals surface area (Å²) in [5, 5.41) is 2.72. The van der Waals surface area contributed by atoms with Gasteiger partial charge in [-0.05, 0) is 30.4 Å². The number of hydrogen-bond acceptors (Lipinski definition) is 3. The number of pyridine rings is 1. The highest BCUT2D eigenvalue weighted by Gasteiger charge is 2.20. The number of nitrogens with zero attached hydrogens (tertiary/aromatic N) is 1. The number of aromatic nitrogens is 1. The molecule has 1 fully saturated rings. The molecule has 1 aromatic heterocycles. The Bertz CT molecular complexity index is 422. The minimum Gasteiger partial charge on any atom is -0.349 e. The summed E-state index contributed by atoms with van der Waals surface area (Å²) in [5.41, 5.74) is -0.282. The van der Waals surface area contributed by atoms with Gasteiger partial charge >= 0.3 is 0 Å². The molecule has 0 radical (unpaired) electrons. The average molecular weight is 258 g/mol. The van der Waals surface area contributed by atoms with Crippen LogP contribution in [0.5, 0.6) is 0 Å². The van der Waals surface area contributed by atoms with Crippen LogP contribution in [0, 0.1) is 11.8 Å². The van der Waals surface area contributed by atoms with E-state index in [-0.39, 0.29) is 11.6 Å². The quantitative estimate of drug-likeness (QED) is 0.825. The Morgan fingerprint density at radius 2 is 2.12 bits per heavy atom. The van der Waals surface area contributed by atoms with E-state index < -0.39 is 17.7 Å². The Kier molecular flexibility index (Phi) is 3.93. The summed E-state index contributed by atoms with van der Waals surface area (Å²) in [6.45, 7) is 0. The first kappa shape index (κ1) is 12.3. The number of thioether (sulfide) groups is 1. The predicted octanol–water partition coefficient (Wildman–Crippen LogP) is 1.99. The second-order valence-electron chi connectivity index (χ2n) is 3.82. The molecule has 0 aromatic carbocycles. The van der Waals surface area contributed by atoms with Gasteiger partial charge in [0.15, 0.2) is 5.82 Å². The summed E-state index contributed by atoms with van der Waals surface area (Å²) >= 11 is 1.83. The van der Waals surface area contributed by atoms with Gasteiger partial charge in [-0.2, -0.15) is 16.2 Å². The smallest absolute Gasteiger partial charge is 0.254 e. The van der Waals surface area contributed by atoms with E-state index in [0.29, 0.717) is 0 Å². The highest BCUT2D eigenvalue weighted by atomic mass is 32.2. The van der Waals surface area contributed by atoms with Crippen molar-refractivity contribution in [2.24, 2.45) is 0 Å². The molecular weight excluding hydrogens is 246 g/mol. The Hall–Kier alpha value is -1.17. The molecule has 0 atom stereocenters. The van der Waals surface area contributed by atoms with E-state index in [1.165, 1.54) is 6.07 Å². The lowest BCUT2D eigenvalue weighted by atomic mass is 10.1. The van der Waals surface area contributed by atoms with Crippen LogP contribution in [0.15, 0.2) is 12.3 Å². The Morgan fingerprint density at radius 1 is 1.41 bits per heavy atom. The third-order valence-corrected chi connectivity index (χ3v) is 3.70. The topological polar surface area (TPSA) is 42.0 Å². The van der Waals surface area contributed by atoms with Crippen LogP contribution < -0.4 is 5.32 Å². The van der Waals surface area contributed by atoms with Crippen molar-refractivity contribution in [1.29, 1.82) is 0 Å². The van der Waals surface area contributed by atoms with Crippen LogP contribution in [-0.4, -0.2) is 28.4 Å². The fraction of sp³-hybridized carbons (Fsp3) is 0.455. The first-order valence-electron chi connectivity index (χ1n) is 5.37. The lowest BCUT2D eigenvalue weighted by Crippen LogP contribution is -2.37. The van der Waals surface area contributed by atoms with Crippen molar-refractivity contribution < 1.29 is 13.6 Å². The molecule has 0 bridgehead atoms. The molecule has 1 aliphatic heterocycles. The van der Waals surface area contributed by atoms with E-state index in [2.05, 4.69) is 10.3 Å². The normalized spacial score (nSPS) is 16.8. The molecule has 1 aliphatic rings. The zero-order chi connectivity index (χ0) is 12.3. The van der Waals surface area contributed by atoms with Gasteiger partial charge in [0, 0.05) is 12.2 Å². The predicted molar refractivity (Wildman–Crippen MR) is 62.0 cm³/mol. The van der Waals surface area contributed by atoms with E-state index in [1.807, 2.05) is 11.8 Å². The van der Waals surface area contributed by atoms with Gasteiger partial charge in [0.05, 0.1) is 5.56 Å². The van der Waals surface area contributed by atoms with Gasteiger partial charge in [-0.3, -0.25) is 4.79 Å². The third kappa shape index (κ3) is 2.94. The Balaban J connectivity index is 2.06. The van der Waals surface area contributed by atoms with Crippen LogP contribution in [0.4, 0.5) is 8.78 Å². The zero-order valence-corrected chi connectivity index (χ0v) is 9.90. The number of amides is 1. The lowest BCUT2D eigenvalue weighted by molar-refractivity contribution is 0.0929.